The number of rotatable bonds is 11. The van der Waals surface area contributed by atoms with E-state index in [0.717, 1.165) is 46.2 Å². The molecule has 3 aliphatic heterocycles. The van der Waals surface area contributed by atoms with Crippen LogP contribution in [0.4, 0.5) is 21.0 Å². The molecule has 3 heterocycles. The van der Waals surface area contributed by atoms with Gasteiger partial charge in [-0.05, 0) is 128 Å². The zero-order valence-electron chi connectivity index (χ0n) is 45.0. The Bertz CT molecular complexity index is 2520. The van der Waals surface area contributed by atoms with Crippen LogP contribution in [0.2, 0.25) is 0 Å². The quantitative estimate of drug-likeness (QED) is 0.108. The van der Waals surface area contributed by atoms with Crippen LogP contribution in [0, 0.1) is 0 Å². The number of benzene rings is 3. The van der Waals surface area contributed by atoms with E-state index in [4.69, 9.17) is 23.7 Å². The Morgan fingerprint density at radius 1 is 0.553 bits per heavy atom. The highest BCUT2D eigenvalue weighted by atomic mass is 79.9. The lowest BCUT2D eigenvalue weighted by Gasteiger charge is -2.35. The van der Waals surface area contributed by atoms with E-state index < -0.39 is 29.4 Å². The molecular formula is C56H73BrClN5O13. The van der Waals surface area contributed by atoms with Gasteiger partial charge in [0.2, 0.25) is 17.7 Å². The fourth-order valence-electron chi connectivity index (χ4n) is 7.00. The molecule has 0 bridgehead atoms. The zero-order valence-corrected chi connectivity index (χ0v) is 47.4. The van der Waals surface area contributed by atoms with Crippen LogP contribution in [-0.2, 0) is 52.5 Å². The molecule has 3 aliphatic rings. The smallest absolute Gasteiger partial charge is 0.410 e. The Morgan fingerprint density at radius 2 is 0.974 bits per heavy atom. The van der Waals surface area contributed by atoms with Crippen LogP contribution in [-0.4, -0.2) is 134 Å². The highest BCUT2D eigenvalue weighted by molar-refractivity contribution is 9.10. The van der Waals surface area contributed by atoms with Crippen molar-refractivity contribution in [1.29, 1.82) is 0 Å². The third-order valence-electron chi connectivity index (χ3n) is 10.3. The van der Waals surface area contributed by atoms with Crippen molar-refractivity contribution in [3.05, 3.63) is 112 Å². The van der Waals surface area contributed by atoms with Crippen molar-refractivity contribution in [1.82, 2.24) is 15.1 Å². The van der Waals surface area contributed by atoms with E-state index in [1.807, 2.05) is 72.8 Å². The van der Waals surface area contributed by atoms with Gasteiger partial charge in [0.1, 0.15) is 24.3 Å². The molecule has 5 amide bonds. The normalized spacial score (nSPS) is 14.7. The molecule has 3 aromatic carbocycles. The van der Waals surface area contributed by atoms with E-state index in [1.54, 1.807) is 90.3 Å². The molecule has 0 unspecified atom stereocenters. The third-order valence-corrected chi connectivity index (χ3v) is 11.0. The number of hydrogen-bond acceptors (Lipinski definition) is 13. The molecule has 20 heteroatoms. The average molecular weight is 1140 g/mol. The summed E-state index contributed by atoms with van der Waals surface area (Å²) in [4.78, 5) is 99.4. The first-order chi connectivity index (χ1) is 35.5. The molecule has 1 N–H and O–H groups in total. The summed E-state index contributed by atoms with van der Waals surface area (Å²) < 4.78 is 25.9. The number of piperidine rings is 1. The van der Waals surface area contributed by atoms with Gasteiger partial charge in [-0.2, -0.15) is 0 Å². The second-order valence-electron chi connectivity index (χ2n) is 18.6. The van der Waals surface area contributed by atoms with Crippen molar-refractivity contribution in [3.63, 3.8) is 0 Å². The summed E-state index contributed by atoms with van der Waals surface area (Å²) in [5.74, 6) is -1.32. The minimum Gasteiger partial charge on any atom is -0.463 e. The van der Waals surface area contributed by atoms with Crippen molar-refractivity contribution in [3.8, 4) is 0 Å². The molecule has 76 heavy (non-hydrogen) atoms. The molecule has 0 aromatic heterocycles. The van der Waals surface area contributed by atoms with Crippen LogP contribution in [0.1, 0.15) is 98.3 Å². The predicted molar refractivity (Wildman–Crippen MR) is 298 cm³/mol. The summed E-state index contributed by atoms with van der Waals surface area (Å²) in [6, 6.07) is 22.6. The summed E-state index contributed by atoms with van der Waals surface area (Å²) in [6.45, 7) is 19.6. The fraction of sp³-hybridized carbons (Fsp3) is 0.429. The van der Waals surface area contributed by atoms with Crippen molar-refractivity contribution in [2.45, 2.75) is 92.8 Å². The van der Waals surface area contributed by atoms with Crippen LogP contribution in [0.5, 0.6) is 0 Å². The van der Waals surface area contributed by atoms with Crippen LogP contribution >= 0.6 is 28.3 Å². The summed E-state index contributed by atoms with van der Waals surface area (Å²) >= 11 is 3.38. The molecule has 0 radical (unpaired) electrons. The van der Waals surface area contributed by atoms with E-state index in [1.165, 1.54) is 28.0 Å². The lowest BCUT2D eigenvalue weighted by Crippen LogP contribution is -2.53. The Hall–Kier alpha value is -6.99. The lowest BCUT2D eigenvalue weighted by atomic mass is 10.1. The maximum absolute atomic E-state index is 12.6. The van der Waals surface area contributed by atoms with Gasteiger partial charge in [-0.1, -0.05) is 70.5 Å². The molecule has 0 spiro atoms. The molecular weight excluding hydrogens is 1070 g/mol. The molecule has 0 aliphatic carbocycles. The van der Waals surface area contributed by atoms with E-state index >= 15 is 0 Å². The second kappa shape index (κ2) is 33.1. The van der Waals surface area contributed by atoms with E-state index in [-0.39, 0.29) is 55.2 Å². The van der Waals surface area contributed by atoms with Crippen LogP contribution in [0.3, 0.4) is 0 Å². The number of para-hydroxylation sites is 2. The van der Waals surface area contributed by atoms with Crippen molar-refractivity contribution >= 4 is 106 Å². The third kappa shape index (κ3) is 24.1. The van der Waals surface area contributed by atoms with E-state index in [2.05, 4.69) is 21.2 Å². The number of carbonyl (C=O) groups is 8. The van der Waals surface area contributed by atoms with Gasteiger partial charge in [-0.3, -0.25) is 24.2 Å². The number of carbonyl (C=O) groups excluding carboxylic acids is 8. The first-order valence-corrected chi connectivity index (χ1v) is 25.6. The van der Waals surface area contributed by atoms with Gasteiger partial charge in [0.05, 0.1) is 31.2 Å². The Kier molecular flexibility index (Phi) is 28.4. The highest BCUT2D eigenvalue weighted by Crippen LogP contribution is 2.27. The number of halogens is 2. The number of esters is 3. The van der Waals surface area contributed by atoms with Crippen molar-refractivity contribution in [2.75, 3.05) is 75.4 Å². The van der Waals surface area contributed by atoms with Gasteiger partial charge >= 0.3 is 30.1 Å². The number of hydrogen-bond donors (Lipinski definition) is 1. The molecule has 0 saturated carbocycles. The van der Waals surface area contributed by atoms with Crippen LogP contribution in [0.15, 0.2) is 95.5 Å². The minimum absolute atomic E-state index is 0. The number of piperazine rings is 2. The van der Waals surface area contributed by atoms with Gasteiger partial charge in [0, 0.05) is 61.8 Å². The molecule has 0 atom stereocenters. The molecule has 414 valence electrons. The standard InChI is InChI=1S/C20H26N2O5.C16H19NO3.C11H11BrO2.C9H16N2O3.ClH/c1-5-26-18(24)11-10-15-8-6-7-9-16(15)22-13-12-21(14-17(22)23)19(25)27-20(2,3)4;1-2-20-16(19)11-10-13-7-3-4-8-14(13)17-12-6-5-9-15(17)18;1-2-14-11(13)8-7-9-5-3-4-6-10(9)12;1-9(2,3)14-8(13)11-5-4-10-7(12)6-11;/h6-11H,5,12-14H2,1-4H3;3-4,7-8,10-11H,2,5-6,9,12H2,1H3;3-8H,2H2,1H3;4-6H2,1-3H3,(H,10,12);1H/b2*11-10+;8-7+;;. The number of nitrogens with zero attached hydrogens (tertiary/aromatic N) is 4. The number of amides is 5. The SMILES string of the molecule is CC(C)(C)OC(=O)N1CCNC(=O)C1.CCOC(=O)/C=C/c1ccccc1Br.CCOC(=O)/C=C/c1ccccc1N1CCCCC1=O.CCOC(=O)/C=C/c1ccccc1N1CCN(C(=O)OC(C)(C)C)CC1=O.Cl. The minimum atomic E-state index is -0.609. The van der Waals surface area contributed by atoms with Gasteiger partial charge in [-0.15, -0.1) is 12.4 Å². The van der Waals surface area contributed by atoms with Crippen LogP contribution < -0.4 is 15.1 Å². The maximum atomic E-state index is 12.6. The van der Waals surface area contributed by atoms with Crippen LogP contribution in [0.25, 0.3) is 18.2 Å². The fourth-order valence-corrected chi connectivity index (χ4v) is 7.41. The average Bonchev–Trinajstić information content (AvgIpc) is 3.35. The van der Waals surface area contributed by atoms with Gasteiger partial charge < -0.3 is 38.8 Å². The zero-order chi connectivity index (χ0) is 55.6. The summed E-state index contributed by atoms with van der Waals surface area (Å²) in [5, 5.41) is 2.64. The predicted octanol–water partition coefficient (Wildman–Crippen LogP) is 9.43. The number of nitrogens with one attached hydrogen (secondary N) is 1. The Morgan fingerprint density at radius 3 is 1.39 bits per heavy atom. The molecule has 3 fully saturated rings. The molecule has 3 aromatic rings. The monoisotopic (exact) mass is 1140 g/mol. The van der Waals surface area contributed by atoms with Gasteiger partial charge in [-0.25, -0.2) is 24.0 Å². The van der Waals surface area contributed by atoms with Crippen molar-refractivity contribution < 1.29 is 62.0 Å². The lowest BCUT2D eigenvalue weighted by molar-refractivity contribution is -0.138. The number of ether oxygens (including phenoxy) is 5. The second-order valence-corrected chi connectivity index (χ2v) is 19.5. The highest BCUT2D eigenvalue weighted by Gasteiger charge is 2.32. The molecule has 18 nitrogen and oxygen atoms in total. The number of anilines is 2. The molecule has 6 rings (SSSR count). The first-order valence-electron chi connectivity index (χ1n) is 24.9. The maximum Gasteiger partial charge on any atom is 0.410 e. The summed E-state index contributed by atoms with van der Waals surface area (Å²) in [7, 11) is 0. The molecule has 3 saturated heterocycles. The summed E-state index contributed by atoms with van der Waals surface area (Å²) in [6.07, 6.45) is 10.9. The first kappa shape index (κ1) is 65.1. The van der Waals surface area contributed by atoms with E-state index in [9.17, 15) is 38.4 Å². The van der Waals surface area contributed by atoms with Crippen molar-refractivity contribution in [2.24, 2.45) is 0 Å². The summed E-state index contributed by atoms with van der Waals surface area (Å²) in [5.41, 5.74) is 2.97. The van der Waals surface area contributed by atoms with Gasteiger partial charge in [0.15, 0.2) is 0 Å². The topological polar surface area (TPSA) is 208 Å². The Balaban J connectivity index is 0.000000359. The van der Waals surface area contributed by atoms with E-state index in [0.29, 0.717) is 58.1 Å². The Labute approximate surface area is 461 Å². The largest absolute Gasteiger partial charge is 0.463 e. The van der Waals surface area contributed by atoms with Gasteiger partial charge in [0.25, 0.3) is 0 Å².